The lowest BCUT2D eigenvalue weighted by Gasteiger charge is -2.09. The number of carbonyl (C=O) groups is 1. The van der Waals surface area contributed by atoms with Crippen LogP contribution < -0.4 is 5.32 Å². The first-order chi connectivity index (χ1) is 9.11. The molecule has 0 saturated heterocycles. The van der Waals surface area contributed by atoms with Crippen LogP contribution in [0.1, 0.15) is 25.3 Å². The highest BCUT2D eigenvalue weighted by molar-refractivity contribution is 8.00. The van der Waals surface area contributed by atoms with Gasteiger partial charge in [0.1, 0.15) is 0 Å². The summed E-state index contributed by atoms with van der Waals surface area (Å²) in [4.78, 5) is 19.7. The Kier molecular flexibility index (Phi) is 3.22. The van der Waals surface area contributed by atoms with Crippen LogP contribution in [0.2, 0.25) is 0 Å². The van der Waals surface area contributed by atoms with Gasteiger partial charge in [0.05, 0.1) is 16.3 Å². The maximum Gasteiger partial charge on any atom is 0.233 e. The summed E-state index contributed by atoms with van der Waals surface area (Å²) in [6.45, 7) is 3.97. The van der Waals surface area contributed by atoms with Gasteiger partial charge in [-0.05, 0) is 44.4 Å². The second-order valence-corrected chi connectivity index (χ2v) is 6.44. The molecule has 100 valence electrons. The van der Waals surface area contributed by atoms with Crippen molar-refractivity contribution < 1.29 is 4.79 Å². The third kappa shape index (κ3) is 2.92. The van der Waals surface area contributed by atoms with Gasteiger partial charge in [0.15, 0.2) is 5.16 Å². The zero-order valence-electron chi connectivity index (χ0n) is 11.1. The second kappa shape index (κ2) is 4.89. The normalized spacial score (nSPS) is 16.5. The van der Waals surface area contributed by atoms with Crippen molar-refractivity contribution in [3.05, 3.63) is 23.8 Å². The van der Waals surface area contributed by atoms with Crippen LogP contribution in [0.3, 0.4) is 0 Å². The van der Waals surface area contributed by atoms with E-state index in [1.54, 1.807) is 0 Å². The number of amides is 1. The number of aromatic nitrogens is 2. The van der Waals surface area contributed by atoms with Gasteiger partial charge in [-0.3, -0.25) is 4.79 Å². The van der Waals surface area contributed by atoms with Crippen molar-refractivity contribution in [1.82, 2.24) is 15.3 Å². The standard InChI is InChI=1S/C14H17N3OS/c1-8-3-6-11-12(7-8)17-14(16-11)19-9(2)13(18)15-10-4-5-10/h3,6-7,9-10H,4-5H2,1-2H3,(H,15,18)(H,16,17)/t9-/m1/s1. The molecule has 1 atom stereocenters. The summed E-state index contributed by atoms with van der Waals surface area (Å²) in [5.74, 6) is 0.101. The molecular formula is C14H17N3OS. The van der Waals surface area contributed by atoms with E-state index in [0.717, 1.165) is 29.0 Å². The number of imidazole rings is 1. The second-order valence-electron chi connectivity index (χ2n) is 5.11. The lowest BCUT2D eigenvalue weighted by Crippen LogP contribution is -2.32. The van der Waals surface area contributed by atoms with Crippen LogP contribution in [0, 0.1) is 6.92 Å². The molecule has 1 saturated carbocycles. The summed E-state index contributed by atoms with van der Waals surface area (Å²) in [7, 11) is 0. The van der Waals surface area contributed by atoms with Gasteiger partial charge in [0.25, 0.3) is 0 Å². The minimum atomic E-state index is -0.123. The van der Waals surface area contributed by atoms with Crippen LogP contribution in [0.15, 0.2) is 23.4 Å². The molecule has 1 aliphatic carbocycles. The van der Waals surface area contributed by atoms with Crippen molar-refractivity contribution in [3.8, 4) is 0 Å². The molecule has 1 aliphatic rings. The van der Waals surface area contributed by atoms with E-state index in [1.165, 1.54) is 17.3 Å². The molecule has 1 heterocycles. The van der Waals surface area contributed by atoms with Crippen LogP contribution in [-0.2, 0) is 4.79 Å². The monoisotopic (exact) mass is 275 g/mol. The number of aromatic amines is 1. The Labute approximate surface area is 116 Å². The number of aryl methyl sites for hydroxylation is 1. The lowest BCUT2D eigenvalue weighted by molar-refractivity contribution is -0.120. The van der Waals surface area contributed by atoms with Crippen molar-refractivity contribution in [1.29, 1.82) is 0 Å². The maximum atomic E-state index is 11.9. The summed E-state index contributed by atoms with van der Waals surface area (Å²) in [5.41, 5.74) is 3.17. The zero-order valence-corrected chi connectivity index (χ0v) is 11.9. The zero-order chi connectivity index (χ0) is 13.4. The van der Waals surface area contributed by atoms with E-state index in [9.17, 15) is 4.79 Å². The number of benzene rings is 1. The Hall–Kier alpha value is -1.49. The van der Waals surface area contributed by atoms with Gasteiger partial charge in [-0.1, -0.05) is 17.8 Å². The summed E-state index contributed by atoms with van der Waals surface area (Å²) < 4.78 is 0. The SMILES string of the molecule is Cc1ccc2nc(S[C@H](C)C(=O)NC3CC3)[nH]c2c1. The molecule has 1 aromatic carbocycles. The minimum absolute atomic E-state index is 0.101. The average Bonchev–Trinajstić information content (AvgIpc) is 3.08. The number of H-pyrrole nitrogens is 1. The Morgan fingerprint density at radius 2 is 2.32 bits per heavy atom. The molecule has 2 aromatic rings. The molecule has 5 heteroatoms. The molecule has 0 aliphatic heterocycles. The predicted molar refractivity (Wildman–Crippen MR) is 77.3 cm³/mol. The number of fused-ring (bicyclic) bond motifs is 1. The highest BCUT2D eigenvalue weighted by Crippen LogP contribution is 2.25. The highest BCUT2D eigenvalue weighted by atomic mass is 32.2. The molecule has 1 amide bonds. The van der Waals surface area contributed by atoms with Gasteiger partial charge in [0, 0.05) is 6.04 Å². The number of carbonyl (C=O) groups excluding carboxylic acids is 1. The highest BCUT2D eigenvalue weighted by Gasteiger charge is 2.26. The molecule has 0 unspecified atom stereocenters. The minimum Gasteiger partial charge on any atom is -0.352 e. The fourth-order valence-corrected chi connectivity index (χ4v) is 2.75. The topological polar surface area (TPSA) is 57.8 Å². The largest absolute Gasteiger partial charge is 0.352 e. The van der Waals surface area contributed by atoms with E-state index >= 15 is 0 Å². The predicted octanol–water partition coefficient (Wildman–Crippen LogP) is 2.63. The Bertz CT molecular complexity index is 618. The van der Waals surface area contributed by atoms with Crippen molar-refractivity contribution >= 4 is 28.7 Å². The number of nitrogens with one attached hydrogen (secondary N) is 2. The van der Waals surface area contributed by atoms with Crippen LogP contribution in [0.25, 0.3) is 11.0 Å². The summed E-state index contributed by atoms with van der Waals surface area (Å²) in [6, 6.07) is 6.52. The van der Waals surface area contributed by atoms with Crippen LogP contribution >= 0.6 is 11.8 Å². The fourth-order valence-electron chi connectivity index (χ4n) is 1.92. The first-order valence-electron chi connectivity index (χ1n) is 6.55. The molecule has 4 nitrogen and oxygen atoms in total. The van der Waals surface area contributed by atoms with Gasteiger partial charge in [0.2, 0.25) is 5.91 Å². The third-order valence-electron chi connectivity index (χ3n) is 3.20. The number of thioether (sulfide) groups is 1. The van der Waals surface area contributed by atoms with Crippen LogP contribution in [0.4, 0.5) is 0 Å². The summed E-state index contributed by atoms with van der Waals surface area (Å²) in [5, 5.41) is 3.70. The molecule has 0 radical (unpaired) electrons. The quantitative estimate of drug-likeness (QED) is 0.843. The fraction of sp³-hybridized carbons (Fsp3) is 0.429. The van der Waals surface area contributed by atoms with Crippen molar-refractivity contribution in [2.45, 2.75) is 43.1 Å². The molecule has 0 spiro atoms. The van der Waals surface area contributed by atoms with E-state index in [0.29, 0.717) is 6.04 Å². The lowest BCUT2D eigenvalue weighted by atomic mass is 10.2. The average molecular weight is 275 g/mol. The van der Waals surface area contributed by atoms with E-state index in [2.05, 4.69) is 28.3 Å². The molecule has 19 heavy (non-hydrogen) atoms. The Balaban J connectivity index is 1.71. The van der Waals surface area contributed by atoms with Gasteiger partial charge in [-0.15, -0.1) is 0 Å². The molecular weight excluding hydrogens is 258 g/mol. The molecule has 0 bridgehead atoms. The Morgan fingerprint density at radius 3 is 3.05 bits per heavy atom. The number of hydrogen-bond acceptors (Lipinski definition) is 3. The van der Waals surface area contributed by atoms with Gasteiger partial charge >= 0.3 is 0 Å². The molecule has 1 fully saturated rings. The van der Waals surface area contributed by atoms with Gasteiger partial charge < -0.3 is 10.3 Å². The Morgan fingerprint density at radius 1 is 1.53 bits per heavy atom. The van der Waals surface area contributed by atoms with E-state index < -0.39 is 0 Å². The number of hydrogen-bond donors (Lipinski definition) is 2. The van der Waals surface area contributed by atoms with Crippen molar-refractivity contribution in [3.63, 3.8) is 0 Å². The van der Waals surface area contributed by atoms with Gasteiger partial charge in [-0.2, -0.15) is 0 Å². The number of nitrogens with zero attached hydrogens (tertiary/aromatic N) is 1. The summed E-state index contributed by atoms with van der Waals surface area (Å²) in [6.07, 6.45) is 2.24. The van der Waals surface area contributed by atoms with E-state index in [1.807, 2.05) is 19.1 Å². The first-order valence-corrected chi connectivity index (χ1v) is 7.43. The smallest absolute Gasteiger partial charge is 0.233 e. The molecule has 2 N–H and O–H groups in total. The molecule has 3 rings (SSSR count). The van der Waals surface area contributed by atoms with E-state index in [4.69, 9.17) is 0 Å². The summed E-state index contributed by atoms with van der Waals surface area (Å²) >= 11 is 1.47. The maximum absolute atomic E-state index is 11.9. The van der Waals surface area contributed by atoms with Crippen LogP contribution in [0.5, 0.6) is 0 Å². The third-order valence-corrected chi connectivity index (χ3v) is 4.18. The number of rotatable bonds is 4. The van der Waals surface area contributed by atoms with Crippen LogP contribution in [-0.4, -0.2) is 27.2 Å². The van der Waals surface area contributed by atoms with Crippen molar-refractivity contribution in [2.75, 3.05) is 0 Å². The first kappa shape index (κ1) is 12.5. The van der Waals surface area contributed by atoms with Crippen molar-refractivity contribution in [2.24, 2.45) is 0 Å². The molecule has 1 aromatic heterocycles. The van der Waals surface area contributed by atoms with Gasteiger partial charge in [-0.25, -0.2) is 4.98 Å². The van der Waals surface area contributed by atoms with E-state index in [-0.39, 0.29) is 11.2 Å².